The molecule has 0 fully saturated rings. The maximum Gasteiger partial charge on any atom is 0.362 e. The molecule has 0 spiro atoms. The molecule has 0 aliphatic carbocycles. The van der Waals surface area contributed by atoms with Gasteiger partial charge in [-0.2, -0.15) is 0 Å². The third-order valence-electron chi connectivity index (χ3n) is 3.87. The highest BCUT2D eigenvalue weighted by Gasteiger charge is 2.31. The van der Waals surface area contributed by atoms with E-state index in [9.17, 15) is 9.59 Å². The number of aliphatic imine (C=N–C) groups is 1. The molecule has 2 aromatic rings. The Morgan fingerprint density at radius 2 is 2.08 bits per heavy atom. The van der Waals surface area contributed by atoms with E-state index in [0.717, 1.165) is 22.6 Å². The number of nitrogens with zero attached hydrogens (tertiary/aromatic N) is 1. The Balaban J connectivity index is 1.77. The fourth-order valence-corrected chi connectivity index (χ4v) is 3.60. The molecule has 130 valence electrons. The third kappa shape index (κ3) is 3.78. The second-order valence-corrected chi connectivity index (χ2v) is 6.75. The predicted molar refractivity (Wildman–Crippen MR) is 97.9 cm³/mol. The van der Waals surface area contributed by atoms with Gasteiger partial charge in [0.25, 0.3) is 5.91 Å². The summed E-state index contributed by atoms with van der Waals surface area (Å²) >= 11 is 1.40. The van der Waals surface area contributed by atoms with E-state index in [1.165, 1.54) is 17.7 Å². The molecule has 2 N–H and O–H groups in total. The summed E-state index contributed by atoms with van der Waals surface area (Å²) in [6.07, 6.45) is 2.38. The lowest BCUT2D eigenvalue weighted by Crippen LogP contribution is -3.15. The maximum absolute atomic E-state index is 12.7. The number of methoxy groups -OCH3 is 1. The number of fused-ring (bicyclic) bond motifs is 1. The lowest BCUT2D eigenvalue weighted by molar-refractivity contribution is -0.695. The van der Waals surface area contributed by atoms with Crippen LogP contribution in [0.2, 0.25) is 0 Å². The van der Waals surface area contributed by atoms with Crippen LogP contribution in [0.15, 0.2) is 35.3 Å². The predicted octanol–water partition coefficient (Wildman–Crippen LogP) is 1.65. The summed E-state index contributed by atoms with van der Waals surface area (Å²) < 4.78 is 5.17. The molecule has 1 aromatic carbocycles. The van der Waals surface area contributed by atoms with Crippen molar-refractivity contribution in [2.75, 3.05) is 20.2 Å². The Bertz CT molecular complexity index is 811. The molecule has 0 radical (unpaired) electrons. The summed E-state index contributed by atoms with van der Waals surface area (Å²) in [5.41, 5.74) is 1.67. The van der Waals surface area contributed by atoms with Gasteiger partial charge in [-0.1, -0.05) is 6.92 Å². The van der Waals surface area contributed by atoms with Gasteiger partial charge in [-0.25, -0.2) is 14.7 Å². The number of amides is 2. The second-order valence-electron chi connectivity index (χ2n) is 5.69. The first-order chi connectivity index (χ1) is 12.1. The van der Waals surface area contributed by atoms with Gasteiger partial charge in [0.2, 0.25) is 0 Å². The molecular weight excluding hydrogens is 338 g/mol. The highest BCUT2D eigenvalue weighted by Crippen LogP contribution is 2.37. The zero-order chi connectivity index (χ0) is 17.8. The maximum atomic E-state index is 12.7. The van der Waals surface area contributed by atoms with Gasteiger partial charge < -0.3 is 10.1 Å². The van der Waals surface area contributed by atoms with Gasteiger partial charge in [-0.15, -0.1) is 11.3 Å². The monoisotopic (exact) mass is 358 g/mol. The van der Waals surface area contributed by atoms with Crippen molar-refractivity contribution in [3.05, 3.63) is 35.2 Å². The Labute approximate surface area is 150 Å². The number of hydrogen-bond donors (Lipinski definition) is 2. The number of rotatable bonds is 6. The number of nitrogens with one attached hydrogen (secondary N) is 2. The minimum Gasteiger partial charge on any atom is -0.497 e. The lowest BCUT2D eigenvalue weighted by atomic mass is 10.1. The first-order valence-electron chi connectivity index (χ1n) is 8.12. The molecule has 2 heterocycles. The molecule has 1 unspecified atom stereocenters. The van der Waals surface area contributed by atoms with Crippen molar-refractivity contribution in [2.24, 2.45) is 4.99 Å². The van der Waals surface area contributed by atoms with Crippen LogP contribution in [0.5, 0.6) is 5.75 Å². The molecule has 1 atom stereocenters. The van der Waals surface area contributed by atoms with Gasteiger partial charge in [0.15, 0.2) is 17.8 Å². The van der Waals surface area contributed by atoms with Crippen molar-refractivity contribution in [1.82, 2.24) is 5.32 Å². The van der Waals surface area contributed by atoms with Crippen LogP contribution in [0.4, 0.5) is 5.69 Å². The lowest BCUT2D eigenvalue weighted by Gasteiger charge is -2.13. The van der Waals surface area contributed by atoms with Crippen LogP contribution < -0.4 is 15.0 Å². The highest BCUT2D eigenvalue weighted by molar-refractivity contribution is 7.18. The molecule has 0 saturated carbocycles. The molecule has 7 heteroatoms. The van der Waals surface area contributed by atoms with Crippen molar-refractivity contribution in [3.8, 4) is 16.2 Å². The molecule has 1 aliphatic heterocycles. The van der Waals surface area contributed by atoms with Crippen molar-refractivity contribution >= 4 is 35.2 Å². The quantitative estimate of drug-likeness (QED) is 0.825. The fraction of sp³-hybridized carbons (Fsp3) is 0.278. The van der Waals surface area contributed by atoms with E-state index in [4.69, 9.17) is 4.74 Å². The number of carbonyl (C=O) groups excluding carboxylic acids is 2. The number of thiophene rings is 1. The van der Waals surface area contributed by atoms with Gasteiger partial charge >= 0.3 is 5.91 Å². The number of ether oxygens (including phenoxy) is 1. The summed E-state index contributed by atoms with van der Waals surface area (Å²) in [6.45, 7) is 2.67. The second kappa shape index (κ2) is 7.58. The largest absolute Gasteiger partial charge is 0.497 e. The summed E-state index contributed by atoms with van der Waals surface area (Å²) in [4.78, 5) is 30.9. The number of hydrogen-bond acceptors (Lipinski definition) is 5. The average Bonchev–Trinajstić information content (AvgIpc) is 3.07. The van der Waals surface area contributed by atoms with Gasteiger partial charge in [0.05, 0.1) is 12.8 Å². The fourth-order valence-electron chi connectivity index (χ4n) is 2.52. The minimum absolute atomic E-state index is 0.0670. The van der Waals surface area contributed by atoms with Crippen LogP contribution in [0.3, 0.4) is 0 Å². The Hall–Kier alpha value is -2.51. The van der Waals surface area contributed by atoms with Crippen LogP contribution in [0.25, 0.3) is 10.4 Å². The molecular formula is C18H20N3O3S+. The first-order valence-corrected chi connectivity index (χ1v) is 8.93. The Morgan fingerprint density at radius 3 is 2.76 bits per heavy atom. The molecule has 0 saturated heterocycles. The van der Waals surface area contributed by atoms with E-state index in [2.05, 4.69) is 10.3 Å². The third-order valence-corrected chi connectivity index (χ3v) is 5.04. The van der Waals surface area contributed by atoms with Crippen LogP contribution in [0, 0.1) is 0 Å². The van der Waals surface area contributed by atoms with Gasteiger partial charge in [-0.3, -0.25) is 4.79 Å². The SMILES string of the molecule is CCCNC(=O)C[NH+]1C=Nc2cc(-c3ccc(OC)cc3)sc2C1=O. The number of carbonyl (C=O) groups is 2. The van der Waals surface area contributed by atoms with Crippen molar-refractivity contribution in [3.63, 3.8) is 0 Å². The van der Waals surface area contributed by atoms with Crippen LogP contribution in [-0.2, 0) is 4.79 Å². The smallest absolute Gasteiger partial charge is 0.362 e. The van der Waals surface area contributed by atoms with Gasteiger partial charge in [0.1, 0.15) is 5.75 Å². The number of quaternary nitrogens is 1. The van der Waals surface area contributed by atoms with E-state index in [1.54, 1.807) is 7.11 Å². The number of benzene rings is 1. The zero-order valence-electron chi connectivity index (χ0n) is 14.2. The van der Waals surface area contributed by atoms with Crippen molar-refractivity contribution < 1.29 is 19.2 Å². The van der Waals surface area contributed by atoms with Crippen LogP contribution in [-0.4, -0.2) is 38.4 Å². The van der Waals surface area contributed by atoms with E-state index in [-0.39, 0.29) is 18.4 Å². The van der Waals surface area contributed by atoms with E-state index in [1.807, 2.05) is 37.3 Å². The van der Waals surface area contributed by atoms with Crippen LogP contribution >= 0.6 is 11.3 Å². The normalized spacial score (nSPS) is 15.8. The van der Waals surface area contributed by atoms with E-state index in [0.29, 0.717) is 22.0 Å². The molecule has 1 aliphatic rings. The zero-order valence-corrected chi connectivity index (χ0v) is 15.0. The highest BCUT2D eigenvalue weighted by atomic mass is 32.1. The summed E-state index contributed by atoms with van der Waals surface area (Å²) in [5, 5.41) is 2.78. The van der Waals surface area contributed by atoms with Crippen LogP contribution in [0.1, 0.15) is 23.0 Å². The molecule has 25 heavy (non-hydrogen) atoms. The topological polar surface area (TPSA) is 72.2 Å². The average molecular weight is 358 g/mol. The van der Waals surface area contributed by atoms with E-state index >= 15 is 0 Å². The summed E-state index contributed by atoms with van der Waals surface area (Å²) in [6, 6.07) is 9.58. The molecule has 2 amide bonds. The Kier molecular flexibility index (Phi) is 5.25. The van der Waals surface area contributed by atoms with Gasteiger partial charge in [-0.05, 0) is 42.3 Å². The minimum atomic E-state index is -0.146. The Morgan fingerprint density at radius 1 is 1.32 bits per heavy atom. The first kappa shape index (κ1) is 17.3. The molecule has 3 rings (SSSR count). The standard InChI is InChI=1S/C18H19N3O3S/c1-3-8-19-16(22)10-21-11-20-14-9-15(25-17(14)18(21)23)12-4-6-13(24-2)7-5-12/h4-7,9,11H,3,8,10H2,1-2H3,(H,19,22)/p+1. The molecule has 1 aromatic heterocycles. The summed E-state index contributed by atoms with van der Waals surface area (Å²) in [7, 11) is 1.63. The van der Waals surface area contributed by atoms with Crippen molar-refractivity contribution in [1.29, 1.82) is 0 Å². The molecule has 0 bridgehead atoms. The van der Waals surface area contributed by atoms with Crippen molar-refractivity contribution in [2.45, 2.75) is 13.3 Å². The molecule has 6 nitrogen and oxygen atoms in total. The summed E-state index contributed by atoms with van der Waals surface area (Å²) in [5.74, 6) is 0.529. The van der Waals surface area contributed by atoms with E-state index < -0.39 is 0 Å². The van der Waals surface area contributed by atoms with Gasteiger partial charge in [0, 0.05) is 11.4 Å².